The van der Waals surface area contributed by atoms with Gasteiger partial charge in [0.15, 0.2) is 0 Å². The van der Waals surface area contributed by atoms with Crippen molar-refractivity contribution in [1.82, 2.24) is 10.2 Å². The van der Waals surface area contributed by atoms with Gasteiger partial charge in [-0.1, -0.05) is 30.3 Å². The highest BCUT2D eigenvalue weighted by Gasteiger charge is 2.35. The molecule has 3 rings (SSSR count). The van der Waals surface area contributed by atoms with Crippen molar-refractivity contribution in [3.05, 3.63) is 71.4 Å². The van der Waals surface area contributed by atoms with Gasteiger partial charge in [-0.25, -0.2) is 18.0 Å². The van der Waals surface area contributed by atoms with Crippen molar-refractivity contribution in [2.45, 2.75) is 37.8 Å². The van der Waals surface area contributed by atoms with Gasteiger partial charge in [-0.15, -0.1) is 0 Å². The predicted molar refractivity (Wildman–Crippen MR) is 117 cm³/mol. The number of esters is 1. The molecule has 2 amide bonds. The Bertz CT molecular complexity index is 1130. The van der Waals surface area contributed by atoms with E-state index in [-0.39, 0.29) is 17.0 Å². The Morgan fingerprint density at radius 3 is 2.45 bits per heavy atom. The van der Waals surface area contributed by atoms with E-state index in [0.29, 0.717) is 22.5 Å². The lowest BCUT2D eigenvalue weighted by Crippen LogP contribution is -2.46. The summed E-state index contributed by atoms with van der Waals surface area (Å²) in [4.78, 5) is 26.7. The zero-order valence-corrected chi connectivity index (χ0v) is 18.6. The van der Waals surface area contributed by atoms with Crippen LogP contribution in [0.4, 0.5) is 10.5 Å². The average molecular weight is 444 g/mol. The average Bonchev–Trinajstić information content (AvgIpc) is 2.71. The van der Waals surface area contributed by atoms with Crippen molar-refractivity contribution < 1.29 is 22.7 Å². The molecule has 2 N–H and O–H groups in total. The summed E-state index contributed by atoms with van der Waals surface area (Å²) in [5.74, 6) is -0.542. The largest absolute Gasteiger partial charge is 0.459 e. The number of hydrogen-bond acceptors (Lipinski definition) is 5. The second-order valence-corrected chi connectivity index (χ2v) is 9.12. The van der Waals surface area contributed by atoms with Gasteiger partial charge in [-0.05, 0) is 50.6 Å². The molecular weight excluding hydrogens is 418 g/mol. The summed E-state index contributed by atoms with van der Waals surface area (Å²) in [5.41, 5.74) is 1.61. The summed E-state index contributed by atoms with van der Waals surface area (Å²) in [5, 5.41) is 2.79. The van der Waals surface area contributed by atoms with Gasteiger partial charge in [0.1, 0.15) is 0 Å². The van der Waals surface area contributed by atoms with Gasteiger partial charge in [0, 0.05) is 18.4 Å². The van der Waals surface area contributed by atoms with E-state index in [0.717, 1.165) is 0 Å². The van der Waals surface area contributed by atoms with Gasteiger partial charge in [-0.2, -0.15) is 0 Å². The molecule has 1 atom stereocenters. The number of nitrogens with zero attached hydrogens (tertiary/aromatic N) is 1. The van der Waals surface area contributed by atoms with E-state index in [9.17, 15) is 18.0 Å². The fourth-order valence-electron chi connectivity index (χ4n) is 3.22. The smallest absolute Gasteiger partial charge is 0.338 e. The summed E-state index contributed by atoms with van der Waals surface area (Å²) in [6.07, 6.45) is -0.333. The number of ether oxygens (including phenoxy) is 1. The molecule has 0 unspecified atom stereocenters. The normalized spacial score (nSPS) is 16.9. The molecule has 8 nitrogen and oxygen atoms in total. The van der Waals surface area contributed by atoms with Crippen LogP contribution in [0.25, 0.3) is 0 Å². The zero-order valence-electron chi connectivity index (χ0n) is 17.7. The lowest BCUT2D eigenvalue weighted by Gasteiger charge is -2.33. The maximum atomic E-state index is 12.8. The van der Waals surface area contributed by atoms with E-state index in [2.05, 4.69) is 10.0 Å². The molecule has 0 spiro atoms. The first-order valence-electron chi connectivity index (χ1n) is 9.74. The van der Waals surface area contributed by atoms with E-state index < -0.39 is 22.0 Å². The van der Waals surface area contributed by atoms with E-state index in [1.165, 1.54) is 17.0 Å². The summed E-state index contributed by atoms with van der Waals surface area (Å²) in [6, 6.07) is 13.4. The van der Waals surface area contributed by atoms with E-state index in [1.807, 2.05) is 0 Å². The molecule has 2 aromatic carbocycles. The van der Waals surface area contributed by atoms with Crippen LogP contribution in [0.15, 0.2) is 70.8 Å². The quantitative estimate of drug-likeness (QED) is 0.666. The number of hydrogen-bond donors (Lipinski definition) is 2. The Balaban J connectivity index is 1.98. The Morgan fingerprint density at radius 2 is 1.81 bits per heavy atom. The third-order valence-corrected chi connectivity index (χ3v) is 6.24. The summed E-state index contributed by atoms with van der Waals surface area (Å²) >= 11 is 0. The number of nitrogens with one attached hydrogen (secondary N) is 2. The highest BCUT2D eigenvalue weighted by Crippen LogP contribution is 2.32. The molecule has 0 saturated carbocycles. The monoisotopic (exact) mass is 443 g/mol. The van der Waals surface area contributed by atoms with Crippen LogP contribution in [0.2, 0.25) is 0 Å². The van der Waals surface area contributed by atoms with E-state index >= 15 is 0 Å². The van der Waals surface area contributed by atoms with E-state index in [4.69, 9.17) is 4.74 Å². The summed E-state index contributed by atoms with van der Waals surface area (Å²) < 4.78 is 33.2. The van der Waals surface area contributed by atoms with Crippen molar-refractivity contribution in [3.8, 4) is 0 Å². The van der Waals surface area contributed by atoms with Crippen LogP contribution >= 0.6 is 0 Å². The highest BCUT2D eigenvalue weighted by atomic mass is 32.2. The lowest BCUT2D eigenvalue weighted by molar-refractivity contribution is -0.143. The minimum absolute atomic E-state index is 0.130. The molecule has 0 saturated heterocycles. The lowest BCUT2D eigenvalue weighted by atomic mass is 9.94. The van der Waals surface area contributed by atoms with Gasteiger partial charge in [0.05, 0.1) is 22.6 Å². The molecule has 2 aromatic rings. The van der Waals surface area contributed by atoms with Gasteiger partial charge >= 0.3 is 12.0 Å². The number of carbonyl (C=O) groups excluding carboxylic acids is 2. The Morgan fingerprint density at radius 1 is 1.13 bits per heavy atom. The van der Waals surface area contributed by atoms with Crippen LogP contribution in [0.5, 0.6) is 0 Å². The van der Waals surface area contributed by atoms with Gasteiger partial charge in [0.2, 0.25) is 0 Å². The predicted octanol–water partition coefficient (Wildman–Crippen LogP) is 3.41. The van der Waals surface area contributed by atoms with Crippen LogP contribution in [0.1, 0.15) is 32.4 Å². The number of sulfonamides is 1. The van der Waals surface area contributed by atoms with Crippen molar-refractivity contribution in [2.75, 3.05) is 11.8 Å². The van der Waals surface area contributed by atoms with Crippen molar-refractivity contribution >= 4 is 27.7 Å². The maximum absolute atomic E-state index is 12.8. The fourth-order valence-corrected chi connectivity index (χ4v) is 4.29. The number of urea groups is 1. The van der Waals surface area contributed by atoms with Crippen molar-refractivity contribution in [2.24, 2.45) is 0 Å². The van der Waals surface area contributed by atoms with Crippen LogP contribution in [-0.2, 0) is 19.6 Å². The summed E-state index contributed by atoms with van der Waals surface area (Å²) in [6.45, 7) is 5.16. The molecule has 9 heteroatoms. The number of benzene rings is 2. The van der Waals surface area contributed by atoms with Crippen LogP contribution in [0, 0.1) is 0 Å². The first-order chi connectivity index (χ1) is 14.6. The van der Waals surface area contributed by atoms with E-state index in [1.54, 1.807) is 70.3 Å². The van der Waals surface area contributed by atoms with Crippen LogP contribution in [0.3, 0.4) is 0 Å². The van der Waals surface area contributed by atoms with Gasteiger partial charge in [-0.3, -0.25) is 4.72 Å². The second kappa shape index (κ2) is 8.81. The molecule has 0 fully saturated rings. The van der Waals surface area contributed by atoms with Crippen molar-refractivity contribution in [3.63, 3.8) is 0 Å². The number of carbonyl (C=O) groups is 2. The fraction of sp³-hybridized carbons (Fsp3) is 0.273. The molecule has 31 heavy (non-hydrogen) atoms. The second-order valence-electron chi connectivity index (χ2n) is 7.44. The molecule has 1 aliphatic heterocycles. The standard InChI is InChI=1S/C22H25N3O5S/c1-14(2)30-21(26)19-15(3)25(4)22(27)23-20(19)16-9-8-10-17(13-16)24-31(28,29)18-11-6-5-7-12-18/h5-14,20,24H,1-4H3,(H,23,27)/t20-/m0/s1. The minimum atomic E-state index is -3.79. The molecular formula is C22H25N3O5S. The van der Waals surface area contributed by atoms with Crippen LogP contribution < -0.4 is 10.0 Å². The molecule has 1 aliphatic rings. The number of anilines is 1. The third kappa shape index (κ3) is 4.88. The highest BCUT2D eigenvalue weighted by molar-refractivity contribution is 7.92. The van der Waals surface area contributed by atoms with Gasteiger partial charge in [0.25, 0.3) is 10.0 Å². The first kappa shape index (κ1) is 22.4. The first-order valence-corrected chi connectivity index (χ1v) is 11.2. The van der Waals surface area contributed by atoms with Gasteiger partial charge < -0.3 is 15.0 Å². The maximum Gasteiger partial charge on any atom is 0.338 e. The molecule has 0 radical (unpaired) electrons. The number of rotatable bonds is 6. The number of amides is 2. The third-order valence-electron chi connectivity index (χ3n) is 4.84. The molecule has 1 heterocycles. The molecule has 0 bridgehead atoms. The zero-order chi connectivity index (χ0) is 22.8. The molecule has 0 aromatic heterocycles. The minimum Gasteiger partial charge on any atom is -0.459 e. The molecule has 0 aliphatic carbocycles. The molecule has 164 valence electrons. The number of allylic oxidation sites excluding steroid dienone is 1. The SMILES string of the molecule is CC1=C(C(=O)OC(C)C)[C@H](c2cccc(NS(=O)(=O)c3ccccc3)c2)NC(=O)N1C. The van der Waals surface area contributed by atoms with Crippen molar-refractivity contribution in [1.29, 1.82) is 0 Å². The Hall–Kier alpha value is -3.33. The summed E-state index contributed by atoms with van der Waals surface area (Å²) in [7, 11) is -2.22. The Kier molecular flexibility index (Phi) is 6.35. The van der Waals surface area contributed by atoms with Crippen LogP contribution in [-0.4, -0.2) is 38.5 Å². The Labute approximate surface area is 181 Å². The topological polar surface area (TPSA) is 105 Å².